The molecule has 0 aromatic heterocycles. The second-order valence-corrected chi connectivity index (χ2v) is 10.4. The molecule has 0 amide bonds. The molecular formula is C33H30O3. The van der Waals surface area contributed by atoms with Crippen molar-refractivity contribution in [2.45, 2.75) is 36.5 Å². The third kappa shape index (κ3) is 4.42. The van der Waals surface area contributed by atoms with Gasteiger partial charge in [0.05, 0.1) is 0 Å². The van der Waals surface area contributed by atoms with Crippen LogP contribution in [-0.4, -0.2) is 16.0 Å². The lowest BCUT2D eigenvalue weighted by atomic mass is 9.77. The minimum absolute atomic E-state index is 0.200. The molecule has 6 unspecified atom stereocenters. The quantitative estimate of drug-likeness (QED) is 0.285. The number of rotatable bonds is 8. The Labute approximate surface area is 212 Å². The minimum atomic E-state index is -0.200. The molecule has 0 spiro atoms. The van der Waals surface area contributed by atoms with E-state index in [1.165, 1.54) is 0 Å². The summed E-state index contributed by atoms with van der Waals surface area (Å²) in [5.41, 5.74) is 4.36. The van der Waals surface area contributed by atoms with Gasteiger partial charge in [0.25, 0.3) is 0 Å². The lowest BCUT2D eigenvalue weighted by Gasteiger charge is -2.24. The van der Waals surface area contributed by atoms with Crippen molar-refractivity contribution in [2.24, 2.45) is 11.8 Å². The predicted octanol–water partition coefficient (Wildman–Crippen LogP) is 7.14. The Morgan fingerprint density at radius 1 is 0.583 bits per heavy atom. The highest BCUT2D eigenvalue weighted by atomic mass is 16.3. The molecule has 2 saturated carbocycles. The Bertz CT molecular complexity index is 1260. The van der Waals surface area contributed by atoms with E-state index in [0.717, 1.165) is 35.1 Å². The van der Waals surface area contributed by atoms with Crippen LogP contribution in [0.25, 0.3) is 0 Å². The molecule has 2 fully saturated rings. The first-order chi connectivity index (χ1) is 17.6. The van der Waals surface area contributed by atoms with Gasteiger partial charge in [-0.05, 0) is 83.0 Å². The van der Waals surface area contributed by atoms with E-state index in [1.807, 2.05) is 60.7 Å². The van der Waals surface area contributed by atoms with Crippen LogP contribution in [0.2, 0.25) is 0 Å². The van der Waals surface area contributed by atoms with E-state index in [2.05, 4.69) is 36.4 Å². The normalized spacial score (nSPS) is 24.0. The first-order valence-electron chi connectivity index (χ1n) is 12.8. The molecule has 0 heterocycles. The van der Waals surface area contributed by atoms with Gasteiger partial charge in [0.15, 0.2) is 0 Å². The van der Waals surface area contributed by atoms with Gasteiger partial charge >= 0.3 is 0 Å². The number of ketones is 1. The molecule has 2 aliphatic rings. The first-order valence-corrected chi connectivity index (χ1v) is 12.8. The summed E-state index contributed by atoms with van der Waals surface area (Å²) >= 11 is 0. The van der Waals surface area contributed by atoms with E-state index in [4.69, 9.17) is 0 Å². The topological polar surface area (TPSA) is 57.5 Å². The Morgan fingerprint density at radius 3 is 1.39 bits per heavy atom. The maximum absolute atomic E-state index is 14.6. The molecular weight excluding hydrogens is 444 g/mol. The fourth-order valence-corrected chi connectivity index (χ4v) is 6.20. The van der Waals surface area contributed by atoms with Crippen molar-refractivity contribution < 1.29 is 15.0 Å². The highest BCUT2D eigenvalue weighted by molar-refractivity contribution is 5.93. The number of carbonyl (C=O) groups excluding carboxylic acids is 1. The Kier molecular flexibility index (Phi) is 5.85. The first kappa shape index (κ1) is 22.6. The van der Waals surface area contributed by atoms with Crippen LogP contribution in [0.3, 0.4) is 0 Å². The summed E-state index contributed by atoms with van der Waals surface area (Å²) in [7, 11) is 0. The monoisotopic (exact) mass is 474 g/mol. The number of benzene rings is 4. The van der Waals surface area contributed by atoms with E-state index in [9.17, 15) is 15.0 Å². The van der Waals surface area contributed by atoms with Crippen LogP contribution in [0.5, 0.6) is 11.5 Å². The van der Waals surface area contributed by atoms with Crippen LogP contribution in [0.15, 0.2) is 109 Å². The van der Waals surface area contributed by atoms with Crippen LogP contribution in [0, 0.1) is 11.8 Å². The summed E-state index contributed by atoms with van der Waals surface area (Å²) in [6.45, 7) is 0. The zero-order valence-electron chi connectivity index (χ0n) is 20.1. The summed E-state index contributed by atoms with van der Waals surface area (Å²) in [5.74, 6) is 1.39. The van der Waals surface area contributed by atoms with Crippen molar-refractivity contribution in [1.82, 2.24) is 0 Å². The Balaban J connectivity index is 1.36. The standard InChI is InChI=1S/C33H30O3/c34-25-15-7-13-23(17-25)27-19-29(27)31(21-9-3-1-4-10-21)33(36)32(22-11-5-2-6-12-22)30-20-28(30)24-14-8-16-26(35)18-24/h1-18,27-32,34-35H,19-20H2. The smallest absolute Gasteiger partial charge is 0.148 e. The molecule has 36 heavy (non-hydrogen) atoms. The van der Waals surface area contributed by atoms with Gasteiger partial charge in [0, 0.05) is 11.8 Å². The van der Waals surface area contributed by atoms with Gasteiger partial charge in [-0.3, -0.25) is 4.79 Å². The number of aromatic hydroxyl groups is 2. The third-order valence-electron chi connectivity index (χ3n) is 8.06. The molecule has 3 nitrogen and oxygen atoms in total. The van der Waals surface area contributed by atoms with Gasteiger partial charge in [0.2, 0.25) is 0 Å². The van der Waals surface area contributed by atoms with Gasteiger partial charge < -0.3 is 10.2 Å². The second kappa shape index (κ2) is 9.31. The van der Waals surface area contributed by atoms with Crippen LogP contribution in [0.4, 0.5) is 0 Å². The lowest BCUT2D eigenvalue weighted by Crippen LogP contribution is -2.25. The molecule has 180 valence electrons. The average Bonchev–Trinajstić information content (AvgIpc) is 3.82. The zero-order valence-corrected chi connectivity index (χ0v) is 20.1. The van der Waals surface area contributed by atoms with Crippen molar-refractivity contribution >= 4 is 5.78 Å². The molecule has 3 heteroatoms. The van der Waals surface area contributed by atoms with E-state index < -0.39 is 0 Å². The summed E-state index contributed by atoms with van der Waals surface area (Å²) in [6.07, 6.45) is 1.88. The summed E-state index contributed by atoms with van der Waals surface area (Å²) < 4.78 is 0. The molecule has 2 N–H and O–H groups in total. The van der Waals surface area contributed by atoms with Crippen molar-refractivity contribution in [3.63, 3.8) is 0 Å². The number of hydrogen-bond acceptors (Lipinski definition) is 3. The maximum atomic E-state index is 14.6. The van der Waals surface area contributed by atoms with Gasteiger partial charge in [-0.15, -0.1) is 0 Å². The molecule has 6 atom stereocenters. The molecule has 0 aliphatic heterocycles. The number of carbonyl (C=O) groups is 1. The van der Waals surface area contributed by atoms with Crippen molar-refractivity contribution in [1.29, 1.82) is 0 Å². The van der Waals surface area contributed by atoms with Gasteiger partial charge in [-0.25, -0.2) is 0 Å². The van der Waals surface area contributed by atoms with Crippen molar-refractivity contribution in [3.05, 3.63) is 131 Å². The fraction of sp³-hybridized carbons (Fsp3) is 0.242. The van der Waals surface area contributed by atoms with Gasteiger partial charge in [-0.1, -0.05) is 84.9 Å². The van der Waals surface area contributed by atoms with Crippen LogP contribution in [-0.2, 0) is 4.79 Å². The number of phenolic OH excluding ortho intramolecular Hbond substituents is 2. The van der Waals surface area contributed by atoms with Crippen molar-refractivity contribution in [2.75, 3.05) is 0 Å². The summed E-state index contributed by atoms with van der Waals surface area (Å²) in [4.78, 5) is 14.6. The third-order valence-corrected chi connectivity index (χ3v) is 8.06. The second-order valence-electron chi connectivity index (χ2n) is 10.4. The Morgan fingerprint density at radius 2 is 1.00 bits per heavy atom. The predicted molar refractivity (Wildman–Crippen MR) is 141 cm³/mol. The SMILES string of the molecule is O=C(C(c1ccccc1)C1CC1c1cccc(O)c1)C(c1ccccc1)C1CC1c1cccc(O)c1. The van der Waals surface area contributed by atoms with Crippen LogP contribution in [0.1, 0.15) is 58.8 Å². The minimum Gasteiger partial charge on any atom is -0.508 e. The molecule has 4 aromatic rings. The molecule has 6 rings (SSSR count). The highest BCUT2D eigenvalue weighted by Gasteiger charge is 2.53. The van der Waals surface area contributed by atoms with Crippen molar-refractivity contribution in [3.8, 4) is 11.5 Å². The number of phenols is 2. The molecule has 0 radical (unpaired) electrons. The maximum Gasteiger partial charge on any atom is 0.148 e. The molecule has 4 aromatic carbocycles. The number of hydrogen-bond donors (Lipinski definition) is 2. The largest absolute Gasteiger partial charge is 0.508 e. The molecule has 2 aliphatic carbocycles. The molecule has 0 saturated heterocycles. The zero-order chi connectivity index (χ0) is 24.6. The van der Waals surface area contributed by atoms with Gasteiger partial charge in [0.1, 0.15) is 17.3 Å². The van der Waals surface area contributed by atoms with E-state index >= 15 is 0 Å². The lowest BCUT2D eigenvalue weighted by molar-refractivity contribution is -0.123. The van der Waals surface area contributed by atoms with E-state index in [-0.39, 0.29) is 52.8 Å². The Hall–Kier alpha value is -3.85. The van der Waals surface area contributed by atoms with Crippen LogP contribution < -0.4 is 0 Å². The highest BCUT2D eigenvalue weighted by Crippen LogP contribution is 2.61. The van der Waals surface area contributed by atoms with E-state index in [0.29, 0.717) is 0 Å². The van der Waals surface area contributed by atoms with E-state index in [1.54, 1.807) is 12.1 Å². The van der Waals surface area contributed by atoms with Crippen LogP contribution >= 0.6 is 0 Å². The molecule has 0 bridgehead atoms. The average molecular weight is 475 g/mol. The summed E-state index contributed by atoms with van der Waals surface area (Å²) in [5, 5.41) is 20.1. The summed E-state index contributed by atoms with van der Waals surface area (Å²) in [6, 6.07) is 35.4. The fourth-order valence-electron chi connectivity index (χ4n) is 6.20. The van der Waals surface area contributed by atoms with Gasteiger partial charge in [-0.2, -0.15) is 0 Å². The number of Topliss-reactive ketones (excluding diaryl/α,β-unsaturated/α-hetero) is 1.